The topological polar surface area (TPSA) is 58.2 Å². The Bertz CT molecular complexity index is 804. The molecule has 2 amide bonds. The van der Waals surface area contributed by atoms with E-state index in [9.17, 15) is 14.0 Å². The van der Waals surface area contributed by atoms with E-state index in [-0.39, 0.29) is 23.4 Å². The molecule has 1 saturated carbocycles. The van der Waals surface area contributed by atoms with Crippen LogP contribution in [0.1, 0.15) is 17.5 Å². The lowest BCUT2D eigenvalue weighted by Crippen LogP contribution is -2.21. The van der Waals surface area contributed by atoms with E-state index < -0.39 is 11.7 Å². The van der Waals surface area contributed by atoms with E-state index in [1.54, 1.807) is 12.1 Å². The fourth-order valence-electron chi connectivity index (χ4n) is 2.74. The first-order valence-corrected chi connectivity index (χ1v) is 7.89. The van der Waals surface area contributed by atoms with Crippen LogP contribution in [0, 0.1) is 31.5 Å². The van der Waals surface area contributed by atoms with Crippen LogP contribution in [0.3, 0.4) is 0 Å². The van der Waals surface area contributed by atoms with E-state index in [1.807, 2.05) is 32.0 Å². The summed E-state index contributed by atoms with van der Waals surface area (Å²) in [6.45, 7) is 3.92. The molecule has 2 unspecified atom stereocenters. The highest BCUT2D eigenvalue weighted by molar-refractivity contribution is 6.03. The van der Waals surface area contributed by atoms with Gasteiger partial charge in [-0.05, 0) is 44.0 Å². The molecule has 3 rings (SSSR count). The lowest BCUT2D eigenvalue weighted by atomic mass is 10.1. The average Bonchev–Trinajstić information content (AvgIpc) is 3.33. The highest BCUT2D eigenvalue weighted by Gasteiger charge is 2.48. The van der Waals surface area contributed by atoms with Crippen LogP contribution in [-0.4, -0.2) is 11.8 Å². The predicted molar refractivity (Wildman–Crippen MR) is 91.2 cm³/mol. The number of anilines is 2. The van der Waals surface area contributed by atoms with Crippen molar-refractivity contribution in [2.75, 3.05) is 10.6 Å². The lowest BCUT2D eigenvalue weighted by Gasteiger charge is -2.09. The van der Waals surface area contributed by atoms with Crippen LogP contribution < -0.4 is 10.6 Å². The van der Waals surface area contributed by atoms with Crippen LogP contribution in [0.5, 0.6) is 0 Å². The van der Waals surface area contributed by atoms with Crippen LogP contribution >= 0.6 is 0 Å². The lowest BCUT2D eigenvalue weighted by molar-refractivity contribution is -0.122. The minimum absolute atomic E-state index is 0.142. The van der Waals surface area contributed by atoms with E-state index in [2.05, 4.69) is 10.6 Å². The summed E-state index contributed by atoms with van der Waals surface area (Å²) >= 11 is 0. The number of amides is 2. The molecular formula is C19H19FN2O2. The second-order valence-corrected chi connectivity index (χ2v) is 6.23. The van der Waals surface area contributed by atoms with E-state index in [4.69, 9.17) is 0 Å². The summed E-state index contributed by atoms with van der Waals surface area (Å²) < 4.78 is 13.6. The summed E-state index contributed by atoms with van der Waals surface area (Å²) in [6.07, 6.45) is 0.483. The monoisotopic (exact) mass is 326 g/mol. The number of para-hydroxylation sites is 1. The molecule has 1 aliphatic rings. The van der Waals surface area contributed by atoms with Gasteiger partial charge < -0.3 is 10.6 Å². The molecule has 0 bridgehead atoms. The standard InChI is InChI=1S/C19H19FN2O2/c1-11-7-8-16(12(2)9-11)21-18(23)13-10-14(13)19(24)22-17-6-4-3-5-15(17)20/h3-9,13-14H,10H2,1-2H3,(H,21,23)(H,22,24). The van der Waals surface area contributed by atoms with Gasteiger partial charge in [0.05, 0.1) is 17.5 Å². The van der Waals surface area contributed by atoms with Crippen molar-refractivity contribution in [1.29, 1.82) is 0 Å². The Labute approximate surface area is 140 Å². The number of benzene rings is 2. The Hall–Kier alpha value is -2.69. The second-order valence-electron chi connectivity index (χ2n) is 6.23. The molecule has 2 atom stereocenters. The Balaban J connectivity index is 1.59. The van der Waals surface area contributed by atoms with Gasteiger partial charge in [0.15, 0.2) is 0 Å². The minimum atomic E-state index is -0.484. The molecule has 2 aromatic rings. The van der Waals surface area contributed by atoms with Crippen molar-refractivity contribution in [1.82, 2.24) is 0 Å². The van der Waals surface area contributed by atoms with Gasteiger partial charge in [0, 0.05) is 5.69 Å². The van der Waals surface area contributed by atoms with Crippen molar-refractivity contribution in [3.8, 4) is 0 Å². The first kappa shape index (κ1) is 16.2. The van der Waals surface area contributed by atoms with E-state index >= 15 is 0 Å². The fourth-order valence-corrected chi connectivity index (χ4v) is 2.74. The van der Waals surface area contributed by atoms with Gasteiger partial charge in [-0.1, -0.05) is 29.8 Å². The van der Waals surface area contributed by atoms with Gasteiger partial charge in [-0.15, -0.1) is 0 Å². The molecule has 2 aromatic carbocycles. The van der Waals surface area contributed by atoms with Crippen molar-refractivity contribution < 1.29 is 14.0 Å². The van der Waals surface area contributed by atoms with Gasteiger partial charge in [0.1, 0.15) is 5.82 Å². The third-order valence-corrected chi connectivity index (χ3v) is 4.24. The van der Waals surface area contributed by atoms with Gasteiger partial charge in [0.25, 0.3) is 0 Å². The van der Waals surface area contributed by atoms with Crippen molar-refractivity contribution in [3.63, 3.8) is 0 Å². The molecule has 4 nitrogen and oxygen atoms in total. The molecule has 0 radical (unpaired) electrons. The number of carbonyl (C=O) groups excluding carboxylic acids is 2. The quantitative estimate of drug-likeness (QED) is 0.901. The zero-order valence-corrected chi connectivity index (χ0v) is 13.6. The maximum atomic E-state index is 13.6. The number of hydrogen-bond donors (Lipinski definition) is 2. The van der Waals surface area contributed by atoms with Crippen LogP contribution in [0.25, 0.3) is 0 Å². The molecular weight excluding hydrogens is 307 g/mol. The molecule has 0 spiro atoms. The number of halogens is 1. The van der Waals surface area contributed by atoms with Crippen molar-refractivity contribution in [3.05, 3.63) is 59.4 Å². The SMILES string of the molecule is Cc1ccc(NC(=O)C2CC2C(=O)Nc2ccccc2F)c(C)c1. The number of nitrogens with one attached hydrogen (secondary N) is 2. The van der Waals surface area contributed by atoms with E-state index in [1.165, 1.54) is 12.1 Å². The number of hydrogen-bond acceptors (Lipinski definition) is 2. The second kappa shape index (κ2) is 6.43. The zero-order chi connectivity index (χ0) is 17.3. The molecule has 5 heteroatoms. The fraction of sp³-hybridized carbons (Fsp3) is 0.263. The van der Waals surface area contributed by atoms with E-state index in [0.29, 0.717) is 6.42 Å². The Morgan fingerprint density at radius 3 is 2.21 bits per heavy atom. The highest BCUT2D eigenvalue weighted by atomic mass is 19.1. The largest absolute Gasteiger partial charge is 0.326 e. The van der Waals surface area contributed by atoms with Crippen molar-refractivity contribution in [2.45, 2.75) is 20.3 Å². The van der Waals surface area contributed by atoms with Gasteiger partial charge in [-0.3, -0.25) is 9.59 Å². The number of rotatable bonds is 4. The van der Waals surface area contributed by atoms with Crippen molar-refractivity contribution in [2.24, 2.45) is 11.8 Å². The summed E-state index contributed by atoms with van der Waals surface area (Å²) in [6, 6.07) is 11.8. The first-order chi connectivity index (χ1) is 11.5. The molecule has 0 aromatic heterocycles. The van der Waals surface area contributed by atoms with E-state index in [0.717, 1.165) is 16.8 Å². The molecule has 0 saturated heterocycles. The molecule has 24 heavy (non-hydrogen) atoms. The van der Waals surface area contributed by atoms with Crippen molar-refractivity contribution >= 4 is 23.2 Å². The molecule has 0 aliphatic heterocycles. The summed E-state index contributed by atoms with van der Waals surface area (Å²) in [5.41, 5.74) is 3.00. The van der Waals surface area contributed by atoms with Gasteiger partial charge in [0.2, 0.25) is 11.8 Å². The third kappa shape index (κ3) is 3.45. The summed E-state index contributed by atoms with van der Waals surface area (Å²) in [5.74, 6) is -1.74. The highest BCUT2D eigenvalue weighted by Crippen LogP contribution is 2.40. The minimum Gasteiger partial charge on any atom is -0.326 e. The average molecular weight is 326 g/mol. The van der Waals surface area contributed by atoms with Crippen LogP contribution in [-0.2, 0) is 9.59 Å². The Morgan fingerprint density at radius 2 is 1.58 bits per heavy atom. The Morgan fingerprint density at radius 1 is 0.958 bits per heavy atom. The number of aryl methyl sites for hydroxylation is 2. The maximum absolute atomic E-state index is 13.6. The Kier molecular flexibility index (Phi) is 4.34. The molecule has 2 N–H and O–H groups in total. The molecule has 1 fully saturated rings. The van der Waals surface area contributed by atoms with Gasteiger partial charge in [-0.2, -0.15) is 0 Å². The molecule has 1 aliphatic carbocycles. The normalized spacial score (nSPS) is 18.8. The summed E-state index contributed by atoms with van der Waals surface area (Å²) in [4.78, 5) is 24.4. The van der Waals surface area contributed by atoms with Crippen LogP contribution in [0.2, 0.25) is 0 Å². The van der Waals surface area contributed by atoms with Crippen LogP contribution in [0.4, 0.5) is 15.8 Å². The first-order valence-electron chi connectivity index (χ1n) is 7.89. The van der Waals surface area contributed by atoms with Gasteiger partial charge >= 0.3 is 0 Å². The predicted octanol–water partition coefficient (Wildman–Crippen LogP) is 3.66. The summed E-state index contributed by atoms with van der Waals surface area (Å²) in [5, 5.41) is 5.41. The zero-order valence-electron chi connectivity index (χ0n) is 13.6. The summed E-state index contributed by atoms with van der Waals surface area (Å²) in [7, 11) is 0. The molecule has 124 valence electrons. The third-order valence-electron chi connectivity index (χ3n) is 4.24. The van der Waals surface area contributed by atoms with Crippen LogP contribution in [0.15, 0.2) is 42.5 Å². The maximum Gasteiger partial charge on any atom is 0.228 e. The smallest absolute Gasteiger partial charge is 0.228 e. The van der Waals surface area contributed by atoms with Gasteiger partial charge in [-0.25, -0.2) is 4.39 Å². The molecule has 0 heterocycles. The number of carbonyl (C=O) groups is 2.